The zero-order valence-electron chi connectivity index (χ0n) is 10.4. The van der Waals surface area contributed by atoms with E-state index in [1.807, 2.05) is 18.2 Å². The van der Waals surface area contributed by atoms with Gasteiger partial charge in [-0.1, -0.05) is 6.07 Å². The van der Waals surface area contributed by atoms with Gasteiger partial charge in [-0.2, -0.15) is 5.10 Å². The number of nitrogens with one attached hydrogen (secondary N) is 1. The second-order valence-corrected chi connectivity index (χ2v) is 4.32. The number of hydrogen-bond donors (Lipinski definition) is 2. The molecule has 2 aromatic heterocycles. The lowest BCUT2D eigenvalue weighted by Crippen LogP contribution is -2.21. The summed E-state index contributed by atoms with van der Waals surface area (Å²) in [6.45, 7) is 0.277. The van der Waals surface area contributed by atoms with Gasteiger partial charge in [-0.3, -0.25) is 4.79 Å². The van der Waals surface area contributed by atoms with Crippen LogP contribution in [0.2, 0.25) is 0 Å². The summed E-state index contributed by atoms with van der Waals surface area (Å²) in [7, 11) is 1.63. The van der Waals surface area contributed by atoms with Crippen molar-refractivity contribution in [2.75, 3.05) is 0 Å². The van der Waals surface area contributed by atoms with Gasteiger partial charge in [-0.05, 0) is 17.7 Å². The van der Waals surface area contributed by atoms with Crippen molar-refractivity contribution in [3.63, 3.8) is 0 Å². The second kappa shape index (κ2) is 4.33. The third-order valence-corrected chi connectivity index (χ3v) is 3.08. The molecule has 0 spiro atoms. The van der Waals surface area contributed by atoms with Crippen LogP contribution in [0, 0.1) is 0 Å². The topological polar surface area (TPSA) is 89.6 Å². The van der Waals surface area contributed by atoms with Crippen LogP contribution >= 0.6 is 0 Å². The molecular formula is C13H13N5O. The van der Waals surface area contributed by atoms with E-state index in [1.165, 1.54) is 10.7 Å². The number of imidazole rings is 1. The molecule has 3 N–H and O–H groups in total. The van der Waals surface area contributed by atoms with Gasteiger partial charge in [-0.25, -0.2) is 9.67 Å². The Hall–Kier alpha value is -2.47. The molecule has 96 valence electrons. The monoisotopic (exact) mass is 255 g/mol. The molecular weight excluding hydrogens is 242 g/mol. The maximum Gasteiger partial charge on any atom is 0.266 e. The molecule has 19 heavy (non-hydrogen) atoms. The summed E-state index contributed by atoms with van der Waals surface area (Å²) in [5, 5.41) is 4.29. The molecule has 0 aliphatic carbocycles. The third kappa shape index (κ3) is 1.92. The Morgan fingerprint density at radius 2 is 2.21 bits per heavy atom. The van der Waals surface area contributed by atoms with Gasteiger partial charge < -0.3 is 10.7 Å². The highest BCUT2D eigenvalue weighted by molar-refractivity contribution is 5.81. The van der Waals surface area contributed by atoms with Crippen molar-refractivity contribution in [3.05, 3.63) is 46.5 Å². The molecule has 6 heteroatoms. The maximum absolute atomic E-state index is 11.6. The smallest absolute Gasteiger partial charge is 0.266 e. The molecule has 3 aromatic rings. The van der Waals surface area contributed by atoms with Crippen molar-refractivity contribution in [1.82, 2.24) is 19.7 Å². The van der Waals surface area contributed by atoms with Crippen LogP contribution in [-0.4, -0.2) is 19.7 Å². The quantitative estimate of drug-likeness (QED) is 0.708. The summed E-state index contributed by atoms with van der Waals surface area (Å²) < 4.78 is 1.31. The first-order valence-corrected chi connectivity index (χ1v) is 5.90. The number of nitrogens with two attached hydrogens (primary N) is 1. The van der Waals surface area contributed by atoms with E-state index in [0.717, 1.165) is 27.9 Å². The molecule has 0 amide bonds. The minimum Gasteiger partial charge on any atom is -0.345 e. The largest absolute Gasteiger partial charge is 0.345 e. The summed E-state index contributed by atoms with van der Waals surface area (Å²) in [5.74, 6) is 0. The molecule has 3 rings (SSSR count). The Morgan fingerprint density at radius 1 is 1.37 bits per heavy atom. The van der Waals surface area contributed by atoms with Crippen molar-refractivity contribution in [2.24, 2.45) is 12.8 Å². The predicted molar refractivity (Wildman–Crippen MR) is 72.5 cm³/mol. The fourth-order valence-electron chi connectivity index (χ4n) is 2.06. The van der Waals surface area contributed by atoms with E-state index < -0.39 is 0 Å². The zero-order chi connectivity index (χ0) is 13.4. The summed E-state index contributed by atoms with van der Waals surface area (Å²) in [6, 6.07) is 7.32. The van der Waals surface area contributed by atoms with E-state index in [0.29, 0.717) is 0 Å². The third-order valence-electron chi connectivity index (χ3n) is 3.08. The average molecular weight is 255 g/mol. The SMILES string of the molecule is Cn1nc(-c2ccc3nc[nH]c3c2)c(CN)cc1=O. The minimum atomic E-state index is -0.160. The van der Waals surface area contributed by atoms with Crippen LogP contribution in [0.5, 0.6) is 0 Å². The van der Waals surface area contributed by atoms with E-state index in [4.69, 9.17) is 5.73 Å². The highest BCUT2D eigenvalue weighted by Gasteiger charge is 2.09. The van der Waals surface area contributed by atoms with E-state index in [9.17, 15) is 4.79 Å². The highest BCUT2D eigenvalue weighted by atomic mass is 16.1. The van der Waals surface area contributed by atoms with Crippen molar-refractivity contribution >= 4 is 11.0 Å². The van der Waals surface area contributed by atoms with Crippen molar-refractivity contribution in [1.29, 1.82) is 0 Å². The van der Waals surface area contributed by atoms with Gasteiger partial charge in [-0.15, -0.1) is 0 Å². The minimum absolute atomic E-state index is 0.160. The molecule has 0 aliphatic heterocycles. The van der Waals surface area contributed by atoms with Gasteiger partial charge in [0.25, 0.3) is 5.56 Å². The Balaban J connectivity index is 2.24. The molecule has 2 heterocycles. The predicted octanol–water partition coefficient (Wildman–Crippen LogP) is 0.782. The van der Waals surface area contributed by atoms with Crippen molar-refractivity contribution < 1.29 is 0 Å². The van der Waals surface area contributed by atoms with Gasteiger partial charge in [0, 0.05) is 25.2 Å². The fourth-order valence-corrected chi connectivity index (χ4v) is 2.06. The van der Waals surface area contributed by atoms with Crippen LogP contribution in [0.25, 0.3) is 22.3 Å². The molecule has 6 nitrogen and oxygen atoms in total. The molecule has 0 fully saturated rings. The molecule has 0 bridgehead atoms. The molecule has 0 radical (unpaired) electrons. The van der Waals surface area contributed by atoms with Gasteiger partial charge in [0.05, 0.1) is 23.1 Å². The average Bonchev–Trinajstić information content (AvgIpc) is 2.88. The van der Waals surface area contributed by atoms with Gasteiger partial charge in [0.1, 0.15) is 0 Å². The van der Waals surface area contributed by atoms with Crippen LogP contribution in [0.3, 0.4) is 0 Å². The number of benzene rings is 1. The summed E-state index contributed by atoms with van der Waals surface area (Å²) in [6.07, 6.45) is 1.65. The van der Waals surface area contributed by atoms with E-state index in [1.54, 1.807) is 13.4 Å². The standard InChI is InChI=1S/C13H13N5O/c1-18-12(19)5-9(6-14)13(17-18)8-2-3-10-11(4-8)16-7-15-10/h2-5,7H,6,14H2,1H3,(H,15,16). The van der Waals surface area contributed by atoms with Crippen LogP contribution in [0.4, 0.5) is 0 Å². The van der Waals surface area contributed by atoms with Crippen LogP contribution in [0.15, 0.2) is 35.4 Å². The Bertz CT molecular complexity index is 802. The summed E-state index contributed by atoms with van der Waals surface area (Å²) in [4.78, 5) is 18.8. The van der Waals surface area contributed by atoms with Gasteiger partial charge in [0.15, 0.2) is 0 Å². The first-order valence-electron chi connectivity index (χ1n) is 5.90. The first kappa shape index (κ1) is 11.6. The number of aryl methyl sites for hydroxylation is 1. The lowest BCUT2D eigenvalue weighted by molar-refractivity contribution is 0.704. The number of rotatable bonds is 2. The van der Waals surface area contributed by atoms with Crippen molar-refractivity contribution in [2.45, 2.75) is 6.54 Å². The highest BCUT2D eigenvalue weighted by Crippen LogP contribution is 2.23. The van der Waals surface area contributed by atoms with E-state index in [-0.39, 0.29) is 12.1 Å². The molecule has 1 aromatic carbocycles. The fraction of sp³-hybridized carbons (Fsp3) is 0.154. The number of aromatic nitrogens is 4. The summed E-state index contributed by atoms with van der Waals surface area (Å²) in [5.41, 5.74) is 9.72. The molecule has 0 saturated heterocycles. The lowest BCUT2D eigenvalue weighted by Gasteiger charge is -2.08. The van der Waals surface area contributed by atoms with E-state index >= 15 is 0 Å². The molecule has 0 unspecified atom stereocenters. The molecule has 0 saturated carbocycles. The Labute approximate surface area is 108 Å². The normalized spacial score (nSPS) is 11.1. The van der Waals surface area contributed by atoms with Crippen LogP contribution in [0.1, 0.15) is 5.56 Å². The van der Waals surface area contributed by atoms with Gasteiger partial charge in [0.2, 0.25) is 0 Å². The second-order valence-electron chi connectivity index (χ2n) is 4.32. The maximum atomic E-state index is 11.6. The van der Waals surface area contributed by atoms with Crippen LogP contribution in [-0.2, 0) is 13.6 Å². The number of H-pyrrole nitrogens is 1. The first-order chi connectivity index (χ1) is 9.19. The number of fused-ring (bicyclic) bond motifs is 1. The Morgan fingerprint density at radius 3 is 3.00 bits per heavy atom. The van der Waals surface area contributed by atoms with E-state index in [2.05, 4.69) is 15.1 Å². The van der Waals surface area contributed by atoms with Gasteiger partial charge >= 0.3 is 0 Å². The number of nitrogens with zero attached hydrogens (tertiary/aromatic N) is 3. The number of aromatic amines is 1. The Kier molecular flexibility index (Phi) is 2.64. The molecule has 0 aliphatic rings. The van der Waals surface area contributed by atoms with Crippen molar-refractivity contribution in [3.8, 4) is 11.3 Å². The lowest BCUT2D eigenvalue weighted by atomic mass is 10.1. The molecule has 0 atom stereocenters. The number of hydrogen-bond acceptors (Lipinski definition) is 4. The van der Waals surface area contributed by atoms with Crippen LogP contribution < -0.4 is 11.3 Å². The summed E-state index contributed by atoms with van der Waals surface area (Å²) >= 11 is 0. The zero-order valence-corrected chi connectivity index (χ0v) is 10.4.